The molecule has 0 bridgehead atoms. The number of carbonyl (C=O) groups excluding carboxylic acids is 1. The summed E-state index contributed by atoms with van der Waals surface area (Å²) in [7, 11) is 0. The monoisotopic (exact) mass is 230 g/mol. The molecule has 0 spiro atoms. The second-order valence-corrected chi connectivity index (χ2v) is 2.52. The minimum Gasteiger partial charge on any atom is -0.480 e. The van der Waals surface area contributed by atoms with E-state index in [4.69, 9.17) is 10.2 Å². The summed E-state index contributed by atoms with van der Waals surface area (Å²) in [6.45, 7) is -2.48. The first-order valence-electron chi connectivity index (χ1n) is 3.71. The number of carbonyl (C=O) groups is 2. The molecule has 1 atom stereocenters. The quantitative estimate of drug-likeness (QED) is 0.513. The van der Waals surface area contributed by atoms with Crippen molar-refractivity contribution in [1.82, 2.24) is 10.6 Å². The van der Waals surface area contributed by atoms with Gasteiger partial charge < -0.3 is 20.8 Å². The summed E-state index contributed by atoms with van der Waals surface area (Å²) in [5.74, 6) is -1.54. The van der Waals surface area contributed by atoms with Crippen LogP contribution in [0.1, 0.15) is 0 Å². The number of aliphatic hydroxyl groups is 1. The Morgan fingerprint density at radius 2 is 1.87 bits per heavy atom. The van der Waals surface area contributed by atoms with Gasteiger partial charge in [-0.1, -0.05) is 0 Å². The first-order valence-corrected chi connectivity index (χ1v) is 3.71. The fourth-order valence-corrected chi connectivity index (χ4v) is 0.575. The molecule has 0 rings (SSSR count). The van der Waals surface area contributed by atoms with Crippen molar-refractivity contribution in [3.8, 4) is 0 Å². The Morgan fingerprint density at radius 1 is 1.33 bits per heavy atom. The Kier molecular flexibility index (Phi) is 4.85. The smallest absolute Gasteiger partial charge is 0.405 e. The number of carboxylic acid groups (broad SMARTS) is 1. The van der Waals surface area contributed by atoms with Gasteiger partial charge in [0.15, 0.2) is 6.04 Å². The second-order valence-electron chi connectivity index (χ2n) is 2.52. The average Bonchev–Trinajstić information content (AvgIpc) is 2.09. The number of halogens is 3. The molecule has 0 unspecified atom stereocenters. The van der Waals surface area contributed by atoms with Crippen LogP contribution in [0.25, 0.3) is 0 Å². The van der Waals surface area contributed by atoms with Gasteiger partial charge in [0.2, 0.25) is 0 Å². The maximum absolute atomic E-state index is 11.6. The molecule has 88 valence electrons. The van der Waals surface area contributed by atoms with Crippen molar-refractivity contribution < 1.29 is 33.0 Å². The van der Waals surface area contributed by atoms with Crippen molar-refractivity contribution in [3.05, 3.63) is 0 Å². The standard InChI is InChI=1S/C6H9F3N2O4/c7-6(8,9)2-10-5(15)11-3(1-12)4(13)14/h3,12H,1-2H2,(H,13,14)(H2,10,11,15)/t3-/m0/s1. The molecule has 0 aromatic rings. The summed E-state index contributed by atoms with van der Waals surface area (Å²) < 4.78 is 34.8. The van der Waals surface area contributed by atoms with Gasteiger partial charge in [-0.3, -0.25) is 0 Å². The minimum absolute atomic E-state index is 0.908. The Hall–Kier alpha value is -1.51. The number of urea groups is 1. The normalized spacial score (nSPS) is 13.1. The van der Waals surface area contributed by atoms with E-state index in [-0.39, 0.29) is 0 Å². The molecular formula is C6H9F3N2O4. The van der Waals surface area contributed by atoms with Crippen LogP contribution in [0.15, 0.2) is 0 Å². The summed E-state index contributed by atoms with van der Waals surface area (Å²) in [4.78, 5) is 20.9. The maximum Gasteiger partial charge on any atom is 0.405 e. The van der Waals surface area contributed by atoms with Crippen molar-refractivity contribution in [2.75, 3.05) is 13.2 Å². The Morgan fingerprint density at radius 3 is 2.20 bits per heavy atom. The molecule has 0 aliphatic carbocycles. The largest absolute Gasteiger partial charge is 0.480 e. The molecule has 15 heavy (non-hydrogen) atoms. The highest BCUT2D eigenvalue weighted by Crippen LogP contribution is 2.11. The van der Waals surface area contributed by atoms with E-state index in [9.17, 15) is 22.8 Å². The summed E-state index contributed by atoms with van der Waals surface area (Å²) in [6, 6.07) is -2.94. The first-order chi connectivity index (χ1) is 6.76. The molecule has 0 saturated carbocycles. The lowest BCUT2D eigenvalue weighted by Crippen LogP contribution is -2.49. The fraction of sp³-hybridized carbons (Fsp3) is 0.667. The van der Waals surface area contributed by atoms with Gasteiger partial charge in [0, 0.05) is 0 Å². The highest BCUT2D eigenvalue weighted by molar-refractivity contribution is 5.82. The first kappa shape index (κ1) is 13.5. The van der Waals surface area contributed by atoms with Crippen molar-refractivity contribution in [2.24, 2.45) is 0 Å². The molecule has 0 radical (unpaired) electrons. The number of alkyl halides is 3. The second kappa shape index (κ2) is 5.39. The number of amides is 2. The van der Waals surface area contributed by atoms with E-state index >= 15 is 0 Å². The molecule has 0 aliphatic rings. The van der Waals surface area contributed by atoms with Crippen molar-refractivity contribution in [2.45, 2.75) is 12.2 Å². The number of aliphatic carboxylic acids is 1. The summed E-state index contributed by atoms with van der Waals surface area (Å²) >= 11 is 0. The zero-order valence-corrected chi connectivity index (χ0v) is 7.34. The van der Waals surface area contributed by atoms with Crippen LogP contribution in [0.5, 0.6) is 0 Å². The van der Waals surface area contributed by atoms with E-state index < -0.39 is 37.4 Å². The van der Waals surface area contributed by atoms with Crippen LogP contribution in [-0.2, 0) is 4.79 Å². The zero-order chi connectivity index (χ0) is 12.1. The van der Waals surface area contributed by atoms with E-state index in [0.717, 1.165) is 0 Å². The van der Waals surface area contributed by atoms with E-state index in [1.165, 1.54) is 5.32 Å². The van der Waals surface area contributed by atoms with Gasteiger partial charge in [0.25, 0.3) is 0 Å². The van der Waals surface area contributed by atoms with Crippen LogP contribution >= 0.6 is 0 Å². The number of hydrogen-bond donors (Lipinski definition) is 4. The van der Waals surface area contributed by atoms with Gasteiger partial charge in [-0.05, 0) is 0 Å². The third-order valence-electron chi connectivity index (χ3n) is 1.24. The van der Waals surface area contributed by atoms with Crippen LogP contribution in [0.2, 0.25) is 0 Å². The lowest BCUT2D eigenvalue weighted by Gasteiger charge is -2.13. The summed E-state index contributed by atoms with van der Waals surface area (Å²) in [6.07, 6.45) is -4.57. The number of carboxylic acids is 1. The molecule has 0 aliphatic heterocycles. The zero-order valence-electron chi connectivity index (χ0n) is 7.34. The van der Waals surface area contributed by atoms with Crippen molar-refractivity contribution in [1.29, 1.82) is 0 Å². The maximum atomic E-state index is 11.6. The van der Waals surface area contributed by atoms with E-state index in [1.54, 1.807) is 5.32 Å². The Bertz CT molecular complexity index is 243. The fourth-order valence-electron chi connectivity index (χ4n) is 0.575. The number of nitrogens with one attached hydrogen (secondary N) is 2. The van der Waals surface area contributed by atoms with Gasteiger partial charge in [-0.25, -0.2) is 9.59 Å². The summed E-state index contributed by atoms with van der Waals surface area (Å²) in [5, 5.41) is 19.8. The predicted molar refractivity (Wildman–Crippen MR) is 41.1 cm³/mol. The number of aliphatic hydroxyl groups excluding tert-OH is 1. The predicted octanol–water partition coefficient (Wildman–Crippen LogP) is -0.707. The van der Waals surface area contributed by atoms with Gasteiger partial charge in [0.05, 0.1) is 6.61 Å². The number of hydrogen-bond acceptors (Lipinski definition) is 3. The molecule has 0 heterocycles. The van der Waals surface area contributed by atoms with Crippen molar-refractivity contribution >= 4 is 12.0 Å². The lowest BCUT2D eigenvalue weighted by molar-refractivity contribution is -0.140. The third kappa shape index (κ3) is 6.55. The van der Waals surface area contributed by atoms with E-state index in [2.05, 4.69) is 0 Å². The molecule has 0 fully saturated rings. The highest BCUT2D eigenvalue weighted by atomic mass is 19.4. The average molecular weight is 230 g/mol. The molecule has 6 nitrogen and oxygen atoms in total. The third-order valence-corrected chi connectivity index (χ3v) is 1.24. The van der Waals surface area contributed by atoms with Gasteiger partial charge >= 0.3 is 18.2 Å². The van der Waals surface area contributed by atoms with E-state index in [0.29, 0.717) is 0 Å². The minimum atomic E-state index is -4.57. The molecule has 0 aromatic heterocycles. The van der Waals surface area contributed by atoms with Crippen LogP contribution in [0.4, 0.5) is 18.0 Å². The topological polar surface area (TPSA) is 98.7 Å². The molecule has 0 saturated heterocycles. The Labute approximate surface area is 82.1 Å². The SMILES string of the molecule is O=C(NCC(F)(F)F)N[C@@H](CO)C(=O)O. The Balaban J connectivity index is 3.98. The molecule has 4 N–H and O–H groups in total. The molecular weight excluding hydrogens is 221 g/mol. The van der Waals surface area contributed by atoms with Crippen LogP contribution in [0, 0.1) is 0 Å². The molecule has 0 aromatic carbocycles. The van der Waals surface area contributed by atoms with E-state index in [1.807, 2.05) is 0 Å². The summed E-state index contributed by atoms with van der Waals surface area (Å²) in [5.41, 5.74) is 0. The van der Waals surface area contributed by atoms with Crippen molar-refractivity contribution in [3.63, 3.8) is 0 Å². The van der Waals surface area contributed by atoms with Crippen LogP contribution in [0.3, 0.4) is 0 Å². The van der Waals surface area contributed by atoms with Gasteiger partial charge in [-0.15, -0.1) is 0 Å². The molecule has 2 amide bonds. The molecule has 9 heteroatoms. The van der Waals surface area contributed by atoms with Gasteiger partial charge in [0.1, 0.15) is 6.54 Å². The highest BCUT2D eigenvalue weighted by Gasteiger charge is 2.28. The van der Waals surface area contributed by atoms with Crippen LogP contribution < -0.4 is 10.6 Å². The lowest BCUT2D eigenvalue weighted by atomic mass is 10.3. The van der Waals surface area contributed by atoms with Crippen LogP contribution in [-0.4, -0.2) is 47.6 Å². The van der Waals surface area contributed by atoms with Gasteiger partial charge in [-0.2, -0.15) is 13.2 Å². The number of rotatable bonds is 4.